The number of piperazine rings is 1. The molecule has 5 nitrogen and oxygen atoms in total. The Bertz CT molecular complexity index is 881. The van der Waals surface area contributed by atoms with E-state index in [2.05, 4.69) is 15.9 Å². The first-order valence-corrected chi connectivity index (χ1v) is 10.2. The van der Waals surface area contributed by atoms with Crippen molar-refractivity contribution in [3.8, 4) is 0 Å². The van der Waals surface area contributed by atoms with E-state index in [4.69, 9.17) is 0 Å². The van der Waals surface area contributed by atoms with Gasteiger partial charge in [-0.3, -0.25) is 9.59 Å². The normalized spacial score (nSPS) is 20.0. The first-order valence-electron chi connectivity index (χ1n) is 9.40. The van der Waals surface area contributed by atoms with Gasteiger partial charge in [0.2, 0.25) is 11.8 Å². The first kappa shape index (κ1) is 18.9. The molecular weight excluding hydrogens is 425 g/mol. The molecular formula is C21H21BrFN3O2. The van der Waals surface area contributed by atoms with E-state index in [1.54, 1.807) is 21.9 Å². The van der Waals surface area contributed by atoms with Crippen LogP contribution in [0.25, 0.3) is 0 Å². The molecule has 1 atom stereocenters. The Morgan fingerprint density at radius 1 is 0.964 bits per heavy atom. The molecule has 0 spiro atoms. The van der Waals surface area contributed by atoms with Gasteiger partial charge < -0.3 is 14.7 Å². The van der Waals surface area contributed by atoms with Gasteiger partial charge in [-0.2, -0.15) is 0 Å². The number of anilines is 2. The molecule has 0 aliphatic carbocycles. The highest BCUT2D eigenvalue weighted by Gasteiger charge is 2.40. The van der Waals surface area contributed by atoms with Crippen LogP contribution < -0.4 is 9.80 Å². The highest BCUT2D eigenvalue weighted by Crippen LogP contribution is 2.28. The highest BCUT2D eigenvalue weighted by molar-refractivity contribution is 9.10. The Morgan fingerprint density at radius 3 is 2.32 bits per heavy atom. The Labute approximate surface area is 171 Å². The van der Waals surface area contributed by atoms with Gasteiger partial charge in [0.05, 0.1) is 5.69 Å². The molecule has 7 heteroatoms. The smallest absolute Gasteiger partial charge is 0.239 e. The molecule has 0 radical (unpaired) electrons. The molecule has 2 aliphatic rings. The summed E-state index contributed by atoms with van der Waals surface area (Å²) in [5.41, 5.74) is 1.38. The summed E-state index contributed by atoms with van der Waals surface area (Å²) >= 11 is 3.39. The Morgan fingerprint density at radius 2 is 1.64 bits per heavy atom. The Hall–Kier alpha value is -2.41. The van der Waals surface area contributed by atoms with Crippen molar-refractivity contribution in [1.82, 2.24) is 4.90 Å². The van der Waals surface area contributed by atoms with Gasteiger partial charge in [-0.25, -0.2) is 4.39 Å². The fourth-order valence-electron chi connectivity index (χ4n) is 3.88. The second-order valence-corrected chi connectivity index (χ2v) is 7.99. The molecule has 2 saturated heterocycles. The van der Waals surface area contributed by atoms with Crippen molar-refractivity contribution in [3.05, 3.63) is 58.8 Å². The van der Waals surface area contributed by atoms with Crippen LogP contribution >= 0.6 is 15.9 Å². The summed E-state index contributed by atoms with van der Waals surface area (Å²) in [6.45, 7) is 2.66. The van der Waals surface area contributed by atoms with Crippen LogP contribution in [0.2, 0.25) is 0 Å². The molecule has 0 bridgehead atoms. The number of benzene rings is 2. The molecule has 4 rings (SSSR count). The summed E-state index contributed by atoms with van der Waals surface area (Å²) < 4.78 is 14.9. The largest absolute Gasteiger partial charge is 0.366 e. The van der Waals surface area contributed by atoms with Gasteiger partial charge in [0.25, 0.3) is 0 Å². The van der Waals surface area contributed by atoms with Crippen LogP contribution in [0.1, 0.15) is 6.42 Å². The second-order valence-electron chi connectivity index (χ2n) is 7.07. The molecule has 2 aromatic carbocycles. The topological polar surface area (TPSA) is 43.9 Å². The van der Waals surface area contributed by atoms with Crippen molar-refractivity contribution in [2.24, 2.45) is 5.92 Å². The summed E-state index contributed by atoms with van der Waals surface area (Å²) in [6.07, 6.45) is 0.529. The zero-order valence-corrected chi connectivity index (χ0v) is 16.9. The van der Waals surface area contributed by atoms with E-state index in [0.717, 1.165) is 10.2 Å². The maximum Gasteiger partial charge on any atom is 0.239 e. The molecule has 0 saturated carbocycles. The first-order chi connectivity index (χ1) is 13.5. The van der Waals surface area contributed by atoms with Crippen molar-refractivity contribution in [2.75, 3.05) is 42.5 Å². The van der Waals surface area contributed by atoms with E-state index in [9.17, 15) is 14.0 Å². The lowest BCUT2D eigenvalue weighted by Crippen LogP contribution is -2.51. The van der Waals surface area contributed by atoms with Crippen molar-refractivity contribution in [1.29, 1.82) is 0 Å². The lowest BCUT2D eigenvalue weighted by atomic mass is 10.1. The zero-order valence-electron chi connectivity index (χ0n) is 15.4. The van der Waals surface area contributed by atoms with Crippen LogP contribution in [0, 0.1) is 11.7 Å². The zero-order chi connectivity index (χ0) is 19.7. The summed E-state index contributed by atoms with van der Waals surface area (Å²) in [6, 6.07) is 14.2. The SMILES string of the molecule is O=C([C@H]1CCN(c2ccc(Br)cc2)C1=O)N1CCN(c2ccccc2F)CC1. The van der Waals surface area contributed by atoms with Gasteiger partial charge >= 0.3 is 0 Å². The molecule has 28 heavy (non-hydrogen) atoms. The molecule has 2 fully saturated rings. The van der Waals surface area contributed by atoms with Crippen LogP contribution in [0.3, 0.4) is 0 Å². The van der Waals surface area contributed by atoms with Crippen molar-refractivity contribution < 1.29 is 14.0 Å². The Kier molecular flexibility index (Phi) is 5.35. The number of halogens is 2. The van der Waals surface area contributed by atoms with Crippen LogP contribution in [0.5, 0.6) is 0 Å². The van der Waals surface area contributed by atoms with Crippen LogP contribution in [0.15, 0.2) is 53.0 Å². The number of para-hydroxylation sites is 1. The second kappa shape index (κ2) is 7.91. The van der Waals surface area contributed by atoms with Crippen molar-refractivity contribution in [2.45, 2.75) is 6.42 Å². The third kappa shape index (κ3) is 3.63. The van der Waals surface area contributed by atoms with Crippen molar-refractivity contribution >= 4 is 39.1 Å². The van der Waals surface area contributed by atoms with E-state index in [-0.39, 0.29) is 17.6 Å². The number of nitrogens with zero attached hydrogens (tertiary/aromatic N) is 3. The fraction of sp³-hybridized carbons (Fsp3) is 0.333. The fourth-order valence-corrected chi connectivity index (χ4v) is 4.15. The third-order valence-electron chi connectivity index (χ3n) is 5.43. The van der Waals surface area contributed by atoms with Crippen molar-refractivity contribution in [3.63, 3.8) is 0 Å². The van der Waals surface area contributed by atoms with Gasteiger partial charge in [0, 0.05) is 42.9 Å². The molecule has 2 amide bonds. The van der Waals surface area contributed by atoms with E-state index in [0.29, 0.717) is 44.8 Å². The lowest BCUT2D eigenvalue weighted by molar-refractivity contribution is -0.140. The van der Waals surface area contributed by atoms with Gasteiger partial charge in [-0.05, 0) is 42.8 Å². The standard InChI is InChI=1S/C21H21BrFN3O2/c22-15-5-7-16(8-6-15)26-10-9-17(21(26)28)20(27)25-13-11-24(12-14-25)19-4-2-1-3-18(19)23/h1-8,17H,9-14H2/t17-/m1/s1. The lowest BCUT2D eigenvalue weighted by Gasteiger charge is -2.37. The van der Waals surface area contributed by atoms with E-state index >= 15 is 0 Å². The molecule has 0 aromatic heterocycles. The predicted octanol–water partition coefficient (Wildman–Crippen LogP) is 3.29. The number of carbonyl (C=O) groups excluding carboxylic acids is 2. The monoisotopic (exact) mass is 445 g/mol. The molecule has 0 N–H and O–H groups in total. The average Bonchev–Trinajstić information content (AvgIpc) is 3.10. The summed E-state index contributed by atoms with van der Waals surface area (Å²) in [4.78, 5) is 31.1. The number of amides is 2. The van der Waals surface area contributed by atoms with Gasteiger partial charge in [0.15, 0.2) is 0 Å². The summed E-state index contributed by atoms with van der Waals surface area (Å²) in [5.74, 6) is -1.12. The molecule has 0 unspecified atom stereocenters. The Balaban J connectivity index is 1.38. The van der Waals surface area contributed by atoms with Gasteiger partial charge in [-0.15, -0.1) is 0 Å². The van der Waals surface area contributed by atoms with E-state index in [1.807, 2.05) is 35.2 Å². The quantitative estimate of drug-likeness (QED) is 0.680. The predicted molar refractivity (Wildman–Crippen MR) is 110 cm³/mol. The van der Waals surface area contributed by atoms with Crippen LogP contribution in [-0.4, -0.2) is 49.4 Å². The molecule has 2 aliphatic heterocycles. The van der Waals surface area contributed by atoms with E-state index in [1.165, 1.54) is 6.07 Å². The average molecular weight is 446 g/mol. The third-order valence-corrected chi connectivity index (χ3v) is 5.96. The van der Waals surface area contributed by atoms with Gasteiger partial charge in [0.1, 0.15) is 11.7 Å². The number of hydrogen-bond acceptors (Lipinski definition) is 3. The molecule has 2 aromatic rings. The minimum atomic E-state index is -0.622. The molecule has 2 heterocycles. The van der Waals surface area contributed by atoms with Gasteiger partial charge in [-0.1, -0.05) is 28.1 Å². The number of hydrogen-bond donors (Lipinski definition) is 0. The van der Waals surface area contributed by atoms with Crippen LogP contribution in [0.4, 0.5) is 15.8 Å². The highest BCUT2D eigenvalue weighted by atomic mass is 79.9. The number of rotatable bonds is 3. The molecule has 146 valence electrons. The maximum atomic E-state index is 14.0. The number of carbonyl (C=O) groups is 2. The summed E-state index contributed by atoms with van der Waals surface area (Å²) in [5, 5.41) is 0. The maximum absolute atomic E-state index is 14.0. The van der Waals surface area contributed by atoms with E-state index < -0.39 is 5.92 Å². The van der Waals surface area contributed by atoms with Crippen LogP contribution in [-0.2, 0) is 9.59 Å². The summed E-state index contributed by atoms with van der Waals surface area (Å²) in [7, 11) is 0. The minimum Gasteiger partial charge on any atom is -0.366 e. The minimum absolute atomic E-state index is 0.113.